The normalized spacial score (nSPS) is 11.9. The molecular weight excluding hydrogens is 641 g/mol. The van der Waals surface area contributed by atoms with E-state index in [1.165, 1.54) is 64.1 Å². The lowest BCUT2D eigenvalue weighted by molar-refractivity contribution is 0.620. The summed E-state index contributed by atoms with van der Waals surface area (Å²) in [6.45, 7) is 0. The first kappa shape index (κ1) is 28.4. The maximum absolute atomic E-state index is 6.40. The molecule has 3 aromatic heterocycles. The van der Waals surface area contributed by atoms with Gasteiger partial charge in [0.2, 0.25) is 5.89 Å². The average Bonchev–Trinajstić information content (AvgIpc) is 3.89. The second-order valence-electron chi connectivity index (χ2n) is 13.2. The van der Waals surface area contributed by atoms with Crippen LogP contribution in [0.15, 0.2) is 174 Å². The zero-order chi connectivity index (χ0) is 33.5. The summed E-state index contributed by atoms with van der Waals surface area (Å²) in [5.74, 6) is 0.637. The Morgan fingerprint density at radius 3 is 1.92 bits per heavy atom. The summed E-state index contributed by atoms with van der Waals surface area (Å²) >= 11 is 1.81. The number of para-hydroxylation sites is 1. The van der Waals surface area contributed by atoms with Gasteiger partial charge in [-0.2, -0.15) is 0 Å². The zero-order valence-corrected chi connectivity index (χ0v) is 28.2. The van der Waals surface area contributed by atoms with E-state index in [9.17, 15) is 0 Å². The fourth-order valence-electron chi connectivity index (χ4n) is 7.73. The van der Waals surface area contributed by atoms with Crippen LogP contribution in [0.4, 0.5) is 0 Å². The van der Waals surface area contributed by atoms with E-state index in [0.717, 1.165) is 33.3 Å². The molecule has 0 bridgehead atoms. The summed E-state index contributed by atoms with van der Waals surface area (Å²) in [6, 6.07) is 60.8. The van der Waals surface area contributed by atoms with Gasteiger partial charge in [0, 0.05) is 42.2 Å². The van der Waals surface area contributed by atoms with Crippen LogP contribution in [0.2, 0.25) is 0 Å². The number of fused-ring (bicyclic) bond motifs is 9. The van der Waals surface area contributed by atoms with Crippen molar-refractivity contribution < 1.29 is 4.42 Å². The first-order chi connectivity index (χ1) is 25.2. The van der Waals surface area contributed by atoms with Crippen LogP contribution in [0.25, 0.3) is 103 Å². The van der Waals surface area contributed by atoms with Gasteiger partial charge in [-0.3, -0.25) is 0 Å². The van der Waals surface area contributed by atoms with Crippen LogP contribution >= 0.6 is 11.3 Å². The van der Waals surface area contributed by atoms with Crippen molar-refractivity contribution in [3.05, 3.63) is 170 Å². The summed E-state index contributed by atoms with van der Waals surface area (Å²) in [7, 11) is 0. The highest BCUT2D eigenvalue weighted by Crippen LogP contribution is 2.42. The molecule has 3 nitrogen and oxygen atoms in total. The Labute approximate surface area is 297 Å². The number of nitrogens with zero attached hydrogens (tertiary/aromatic N) is 2. The van der Waals surface area contributed by atoms with Gasteiger partial charge in [-0.15, -0.1) is 11.3 Å². The van der Waals surface area contributed by atoms with E-state index in [4.69, 9.17) is 9.40 Å². The third-order valence-electron chi connectivity index (χ3n) is 10.2. The van der Waals surface area contributed by atoms with Gasteiger partial charge in [-0.05, 0) is 99.8 Å². The van der Waals surface area contributed by atoms with Gasteiger partial charge in [0.1, 0.15) is 5.52 Å². The monoisotopic (exact) mass is 668 g/mol. The van der Waals surface area contributed by atoms with Crippen LogP contribution in [-0.4, -0.2) is 9.55 Å². The zero-order valence-electron chi connectivity index (χ0n) is 27.4. The predicted octanol–water partition coefficient (Wildman–Crippen LogP) is 13.4. The van der Waals surface area contributed by atoms with Crippen LogP contribution < -0.4 is 0 Å². The highest BCUT2D eigenvalue weighted by Gasteiger charge is 2.17. The van der Waals surface area contributed by atoms with Crippen molar-refractivity contribution in [3.8, 4) is 39.4 Å². The van der Waals surface area contributed by atoms with E-state index in [0.29, 0.717) is 5.89 Å². The van der Waals surface area contributed by atoms with E-state index in [-0.39, 0.29) is 0 Å². The molecule has 11 rings (SSSR count). The smallest absolute Gasteiger partial charge is 0.227 e. The molecular formula is C47H28N2OS. The van der Waals surface area contributed by atoms with E-state index < -0.39 is 0 Å². The van der Waals surface area contributed by atoms with Crippen molar-refractivity contribution in [2.45, 2.75) is 0 Å². The number of thiophene rings is 1. The molecule has 51 heavy (non-hydrogen) atoms. The fourth-order valence-corrected chi connectivity index (χ4v) is 8.88. The van der Waals surface area contributed by atoms with Gasteiger partial charge in [-0.1, -0.05) is 103 Å². The average molecular weight is 669 g/mol. The number of oxazole rings is 1. The van der Waals surface area contributed by atoms with Crippen LogP contribution in [0.3, 0.4) is 0 Å². The molecule has 0 fully saturated rings. The Morgan fingerprint density at radius 1 is 0.451 bits per heavy atom. The van der Waals surface area contributed by atoms with Crippen molar-refractivity contribution in [1.29, 1.82) is 0 Å². The van der Waals surface area contributed by atoms with Crippen LogP contribution in [0.1, 0.15) is 0 Å². The molecule has 8 aromatic carbocycles. The first-order valence-electron chi connectivity index (χ1n) is 17.2. The van der Waals surface area contributed by atoms with Crippen molar-refractivity contribution in [1.82, 2.24) is 9.55 Å². The first-order valence-corrected chi connectivity index (χ1v) is 18.0. The van der Waals surface area contributed by atoms with Crippen LogP contribution in [0, 0.1) is 0 Å². The summed E-state index contributed by atoms with van der Waals surface area (Å²) < 4.78 is 11.2. The van der Waals surface area contributed by atoms with E-state index >= 15 is 0 Å². The van der Waals surface area contributed by atoms with Gasteiger partial charge in [0.25, 0.3) is 0 Å². The van der Waals surface area contributed by atoms with Crippen LogP contribution in [0.5, 0.6) is 0 Å². The standard InChI is InChI=1S/C47H28N2OS/c1-3-9-29(10-4-1)35-19-21-37-44(28-35)51-43-24-23-42-46(45(37)43)48-47(50-42)31-17-15-30(16-18-31)34-20-22-40-38(26-34)39-25-32-11-7-8-12-33(32)27-41(39)49(40)36-13-5-2-6-14-36/h1-28H. The number of aromatic nitrogens is 2. The Balaban J connectivity index is 0.992. The number of benzene rings is 8. The topological polar surface area (TPSA) is 31.0 Å². The Hall–Kier alpha value is -6.49. The Kier molecular flexibility index (Phi) is 6.12. The van der Waals surface area contributed by atoms with Crippen LogP contribution in [-0.2, 0) is 0 Å². The maximum Gasteiger partial charge on any atom is 0.227 e. The second kappa shape index (κ2) is 11.0. The van der Waals surface area contributed by atoms with Gasteiger partial charge in [0.15, 0.2) is 5.58 Å². The van der Waals surface area contributed by atoms with Crippen molar-refractivity contribution in [2.24, 2.45) is 0 Å². The van der Waals surface area contributed by atoms with Crippen molar-refractivity contribution in [2.75, 3.05) is 0 Å². The minimum Gasteiger partial charge on any atom is -0.436 e. The quantitative estimate of drug-likeness (QED) is 0.187. The Morgan fingerprint density at radius 2 is 1.10 bits per heavy atom. The molecule has 0 aliphatic carbocycles. The highest BCUT2D eigenvalue weighted by molar-refractivity contribution is 7.26. The number of hydrogen-bond acceptors (Lipinski definition) is 3. The molecule has 4 heteroatoms. The largest absolute Gasteiger partial charge is 0.436 e. The van der Waals surface area contributed by atoms with Gasteiger partial charge in [0.05, 0.1) is 11.0 Å². The number of hydrogen-bond donors (Lipinski definition) is 0. The molecule has 11 aromatic rings. The summed E-state index contributed by atoms with van der Waals surface area (Å²) in [6.07, 6.45) is 0. The molecule has 0 aliphatic heterocycles. The molecule has 0 saturated carbocycles. The second-order valence-corrected chi connectivity index (χ2v) is 14.3. The fraction of sp³-hybridized carbons (Fsp3) is 0. The molecule has 0 spiro atoms. The third-order valence-corrected chi connectivity index (χ3v) is 11.3. The molecule has 238 valence electrons. The van der Waals surface area contributed by atoms with E-state index in [2.05, 4.69) is 174 Å². The number of rotatable bonds is 4. The molecule has 0 N–H and O–H groups in total. The summed E-state index contributed by atoms with van der Waals surface area (Å²) in [5, 5.41) is 7.35. The van der Waals surface area contributed by atoms with Gasteiger partial charge >= 0.3 is 0 Å². The minimum atomic E-state index is 0.637. The molecule has 0 atom stereocenters. The van der Waals surface area contributed by atoms with Gasteiger partial charge in [-0.25, -0.2) is 4.98 Å². The van der Waals surface area contributed by atoms with Crippen molar-refractivity contribution >= 4 is 75.2 Å². The summed E-state index contributed by atoms with van der Waals surface area (Å²) in [4.78, 5) is 5.09. The maximum atomic E-state index is 6.40. The molecule has 0 radical (unpaired) electrons. The lowest BCUT2D eigenvalue weighted by Crippen LogP contribution is -1.93. The molecule has 0 aliphatic rings. The molecule has 3 heterocycles. The molecule has 0 unspecified atom stereocenters. The SMILES string of the molecule is c1ccc(-c2ccc3c(c2)sc2ccc4oc(-c5ccc(-c6ccc7c(c6)c6cc8ccccc8cc6n7-c6ccccc6)cc5)nc4c23)cc1. The molecule has 0 amide bonds. The van der Waals surface area contributed by atoms with Gasteiger partial charge < -0.3 is 8.98 Å². The lowest BCUT2D eigenvalue weighted by atomic mass is 10.0. The highest BCUT2D eigenvalue weighted by atomic mass is 32.1. The summed E-state index contributed by atoms with van der Waals surface area (Å²) in [5.41, 5.74) is 11.0. The molecule has 0 saturated heterocycles. The van der Waals surface area contributed by atoms with Crippen molar-refractivity contribution in [3.63, 3.8) is 0 Å². The van der Waals surface area contributed by atoms with E-state index in [1.54, 1.807) is 0 Å². The third kappa shape index (κ3) is 4.47. The lowest BCUT2D eigenvalue weighted by Gasteiger charge is -2.08. The minimum absolute atomic E-state index is 0.637. The predicted molar refractivity (Wildman–Crippen MR) is 215 cm³/mol. The van der Waals surface area contributed by atoms with E-state index in [1.807, 2.05) is 11.3 Å². The Bertz CT molecular complexity index is 3110.